The van der Waals surface area contributed by atoms with Crippen molar-refractivity contribution >= 4 is 40.2 Å². The standard InChI is InChI=1S/C24H19N3O3/c28-22(11-16-7-3-1-4-8-16)27-19-13-20-18(14-25-23(20)26-15-19)12-21(24(29)30)17-9-5-2-6-10-17/h1-10,12-15H,11H2,(H,25,26)(H,27,28)(H,29,30). The number of anilines is 1. The van der Waals surface area contributed by atoms with Crippen molar-refractivity contribution in [2.75, 3.05) is 5.32 Å². The van der Waals surface area contributed by atoms with Crippen molar-refractivity contribution in [3.8, 4) is 0 Å². The van der Waals surface area contributed by atoms with E-state index in [0.717, 1.165) is 10.9 Å². The Balaban J connectivity index is 1.63. The Bertz CT molecular complexity index is 1230. The highest BCUT2D eigenvalue weighted by molar-refractivity contribution is 6.21. The molecular formula is C24H19N3O3. The molecule has 3 N–H and O–H groups in total. The SMILES string of the molecule is O=C(Cc1ccccc1)Nc1cnc2[nH]cc(C=C(C(=O)O)c3ccccc3)c2c1. The number of carboxylic acid groups (broad SMARTS) is 1. The van der Waals surface area contributed by atoms with Gasteiger partial charge in [0.1, 0.15) is 5.65 Å². The molecule has 2 heterocycles. The molecule has 6 nitrogen and oxygen atoms in total. The predicted molar refractivity (Wildman–Crippen MR) is 117 cm³/mol. The van der Waals surface area contributed by atoms with Crippen molar-refractivity contribution in [2.45, 2.75) is 6.42 Å². The van der Waals surface area contributed by atoms with Gasteiger partial charge in [0.15, 0.2) is 0 Å². The molecule has 0 aliphatic heterocycles. The van der Waals surface area contributed by atoms with Gasteiger partial charge in [-0.1, -0.05) is 60.7 Å². The fourth-order valence-electron chi connectivity index (χ4n) is 3.24. The van der Waals surface area contributed by atoms with Crippen molar-refractivity contribution in [3.63, 3.8) is 0 Å². The van der Waals surface area contributed by atoms with Crippen LogP contribution in [0.4, 0.5) is 5.69 Å². The lowest BCUT2D eigenvalue weighted by Gasteiger charge is -2.06. The maximum Gasteiger partial charge on any atom is 0.336 e. The number of aromatic nitrogens is 2. The van der Waals surface area contributed by atoms with Crippen LogP contribution in [0.2, 0.25) is 0 Å². The number of aromatic amines is 1. The number of carbonyl (C=O) groups is 2. The van der Waals surface area contributed by atoms with E-state index in [1.165, 1.54) is 0 Å². The maximum atomic E-state index is 12.4. The second kappa shape index (κ2) is 8.45. The van der Waals surface area contributed by atoms with Gasteiger partial charge in [0.05, 0.1) is 23.9 Å². The van der Waals surface area contributed by atoms with E-state index in [2.05, 4.69) is 15.3 Å². The molecular weight excluding hydrogens is 378 g/mol. The van der Waals surface area contributed by atoms with Crippen LogP contribution in [-0.4, -0.2) is 27.0 Å². The summed E-state index contributed by atoms with van der Waals surface area (Å²) in [5, 5.41) is 13.2. The average Bonchev–Trinajstić information content (AvgIpc) is 3.15. The lowest BCUT2D eigenvalue weighted by molar-refractivity contribution is -0.130. The van der Waals surface area contributed by atoms with Crippen molar-refractivity contribution in [3.05, 3.63) is 95.8 Å². The monoisotopic (exact) mass is 397 g/mol. The Morgan fingerprint density at radius 3 is 2.43 bits per heavy atom. The summed E-state index contributed by atoms with van der Waals surface area (Å²) in [5.74, 6) is -1.17. The summed E-state index contributed by atoms with van der Waals surface area (Å²) in [6.45, 7) is 0. The molecule has 0 bridgehead atoms. The summed E-state index contributed by atoms with van der Waals surface area (Å²) >= 11 is 0. The number of nitrogens with zero attached hydrogens (tertiary/aromatic N) is 1. The van der Waals surface area contributed by atoms with E-state index < -0.39 is 5.97 Å². The summed E-state index contributed by atoms with van der Waals surface area (Å²) in [6.07, 6.45) is 5.15. The van der Waals surface area contributed by atoms with Gasteiger partial charge in [0, 0.05) is 17.1 Å². The van der Waals surface area contributed by atoms with Crippen molar-refractivity contribution in [2.24, 2.45) is 0 Å². The van der Waals surface area contributed by atoms with Gasteiger partial charge < -0.3 is 15.4 Å². The van der Waals surface area contributed by atoms with E-state index in [-0.39, 0.29) is 17.9 Å². The first-order valence-electron chi connectivity index (χ1n) is 9.41. The number of carboxylic acids is 1. The number of hydrogen-bond acceptors (Lipinski definition) is 3. The molecule has 0 unspecified atom stereocenters. The first-order chi connectivity index (χ1) is 14.6. The zero-order valence-electron chi connectivity index (χ0n) is 16.0. The molecule has 0 aliphatic rings. The molecule has 0 fully saturated rings. The number of pyridine rings is 1. The minimum Gasteiger partial charge on any atom is -0.478 e. The molecule has 4 aromatic rings. The summed E-state index contributed by atoms with van der Waals surface area (Å²) in [7, 11) is 0. The van der Waals surface area contributed by atoms with Gasteiger partial charge in [-0.15, -0.1) is 0 Å². The number of benzene rings is 2. The smallest absolute Gasteiger partial charge is 0.336 e. The van der Waals surface area contributed by atoms with Gasteiger partial charge in [-0.25, -0.2) is 9.78 Å². The molecule has 0 saturated heterocycles. The number of aliphatic carboxylic acids is 1. The molecule has 6 heteroatoms. The highest BCUT2D eigenvalue weighted by Crippen LogP contribution is 2.25. The van der Waals surface area contributed by atoms with Gasteiger partial charge >= 0.3 is 5.97 Å². The number of H-pyrrole nitrogens is 1. The lowest BCUT2D eigenvalue weighted by atomic mass is 10.0. The molecule has 0 aliphatic carbocycles. The van der Waals surface area contributed by atoms with Crippen LogP contribution in [0.1, 0.15) is 16.7 Å². The molecule has 4 rings (SSSR count). The van der Waals surface area contributed by atoms with Crippen LogP contribution in [0.5, 0.6) is 0 Å². The number of hydrogen-bond donors (Lipinski definition) is 3. The normalized spacial score (nSPS) is 11.4. The first kappa shape index (κ1) is 19.1. The van der Waals surface area contributed by atoms with E-state index in [1.54, 1.807) is 48.8 Å². The Morgan fingerprint density at radius 1 is 1.03 bits per heavy atom. The van der Waals surface area contributed by atoms with E-state index >= 15 is 0 Å². The molecule has 2 aromatic heterocycles. The zero-order valence-corrected chi connectivity index (χ0v) is 16.0. The molecule has 0 atom stereocenters. The quantitative estimate of drug-likeness (QED) is 0.421. The van der Waals surface area contributed by atoms with E-state index in [4.69, 9.17) is 0 Å². The largest absolute Gasteiger partial charge is 0.478 e. The number of fused-ring (bicyclic) bond motifs is 1. The lowest BCUT2D eigenvalue weighted by Crippen LogP contribution is -2.14. The second-order valence-electron chi connectivity index (χ2n) is 6.80. The molecule has 0 saturated carbocycles. The van der Waals surface area contributed by atoms with E-state index in [1.807, 2.05) is 36.4 Å². The Morgan fingerprint density at radius 2 is 1.73 bits per heavy atom. The fraction of sp³-hybridized carbons (Fsp3) is 0.0417. The Labute approximate surface area is 172 Å². The minimum atomic E-state index is -1.02. The molecule has 30 heavy (non-hydrogen) atoms. The number of nitrogens with one attached hydrogen (secondary N) is 2. The van der Waals surface area contributed by atoms with Crippen molar-refractivity contribution < 1.29 is 14.7 Å². The number of carbonyl (C=O) groups excluding carboxylic acids is 1. The van der Waals surface area contributed by atoms with Crippen LogP contribution in [-0.2, 0) is 16.0 Å². The Kier molecular flexibility index (Phi) is 5.39. The van der Waals surface area contributed by atoms with Crippen LogP contribution in [0.25, 0.3) is 22.7 Å². The minimum absolute atomic E-state index is 0.148. The van der Waals surface area contributed by atoms with Crippen LogP contribution >= 0.6 is 0 Å². The zero-order chi connectivity index (χ0) is 20.9. The molecule has 0 spiro atoms. The van der Waals surface area contributed by atoms with Crippen LogP contribution in [0.15, 0.2) is 79.1 Å². The Hall–Kier alpha value is -4.19. The first-order valence-corrected chi connectivity index (χ1v) is 9.41. The third kappa shape index (κ3) is 4.28. The summed E-state index contributed by atoms with van der Waals surface area (Å²) in [4.78, 5) is 31.5. The summed E-state index contributed by atoms with van der Waals surface area (Å²) < 4.78 is 0. The maximum absolute atomic E-state index is 12.4. The highest BCUT2D eigenvalue weighted by Gasteiger charge is 2.13. The van der Waals surface area contributed by atoms with Crippen LogP contribution in [0.3, 0.4) is 0 Å². The topological polar surface area (TPSA) is 95.1 Å². The predicted octanol–water partition coefficient (Wildman–Crippen LogP) is 4.37. The molecule has 0 radical (unpaired) electrons. The third-order valence-corrected chi connectivity index (χ3v) is 4.67. The highest BCUT2D eigenvalue weighted by atomic mass is 16.4. The molecule has 1 amide bonds. The molecule has 148 valence electrons. The van der Waals surface area contributed by atoms with Crippen LogP contribution < -0.4 is 5.32 Å². The molecule has 2 aromatic carbocycles. The van der Waals surface area contributed by atoms with Gasteiger partial charge in [0.2, 0.25) is 5.91 Å². The number of amides is 1. The van der Waals surface area contributed by atoms with Crippen molar-refractivity contribution in [1.82, 2.24) is 9.97 Å². The van der Waals surface area contributed by atoms with E-state index in [9.17, 15) is 14.7 Å². The van der Waals surface area contributed by atoms with Gasteiger partial charge in [-0.2, -0.15) is 0 Å². The second-order valence-corrected chi connectivity index (χ2v) is 6.80. The van der Waals surface area contributed by atoms with E-state index in [0.29, 0.717) is 22.5 Å². The fourth-order valence-corrected chi connectivity index (χ4v) is 3.24. The average molecular weight is 397 g/mol. The van der Waals surface area contributed by atoms with Crippen LogP contribution in [0, 0.1) is 0 Å². The van der Waals surface area contributed by atoms with Gasteiger partial charge in [0.25, 0.3) is 0 Å². The van der Waals surface area contributed by atoms with Crippen molar-refractivity contribution in [1.29, 1.82) is 0 Å². The number of rotatable bonds is 6. The third-order valence-electron chi connectivity index (χ3n) is 4.67. The summed E-state index contributed by atoms with van der Waals surface area (Å²) in [6, 6.07) is 20.2. The van der Waals surface area contributed by atoms with Gasteiger partial charge in [-0.05, 0) is 23.3 Å². The summed E-state index contributed by atoms with van der Waals surface area (Å²) in [5.41, 5.74) is 3.55. The van der Waals surface area contributed by atoms with Gasteiger partial charge in [-0.3, -0.25) is 4.79 Å².